The molecule has 1 aliphatic heterocycles. The van der Waals surface area contributed by atoms with Gasteiger partial charge < -0.3 is 5.73 Å². The van der Waals surface area contributed by atoms with Crippen LogP contribution in [0.3, 0.4) is 0 Å². The third-order valence-electron chi connectivity index (χ3n) is 4.54. The van der Waals surface area contributed by atoms with Crippen molar-refractivity contribution in [2.45, 2.75) is 25.7 Å². The number of allylic oxidation sites excluding steroid dienone is 1. The predicted molar refractivity (Wildman–Crippen MR) is 85.2 cm³/mol. The van der Waals surface area contributed by atoms with Gasteiger partial charge in [0.1, 0.15) is 0 Å². The first kappa shape index (κ1) is 15.2. The van der Waals surface area contributed by atoms with Crippen LogP contribution >= 0.6 is 0 Å². The first-order valence-electron chi connectivity index (χ1n) is 7.56. The van der Waals surface area contributed by atoms with Crippen molar-refractivity contribution in [2.75, 3.05) is 13.1 Å². The Hall–Kier alpha value is -1.66. The molecule has 0 atom stereocenters. The lowest BCUT2D eigenvalue weighted by Gasteiger charge is -2.31. The first-order valence-corrected chi connectivity index (χ1v) is 9.00. The van der Waals surface area contributed by atoms with E-state index in [4.69, 9.17) is 5.73 Å². The molecule has 1 amide bonds. The van der Waals surface area contributed by atoms with Crippen LogP contribution in [-0.4, -0.2) is 31.7 Å². The average molecular weight is 320 g/mol. The summed E-state index contributed by atoms with van der Waals surface area (Å²) in [5.74, 6) is -0.532. The zero-order valence-corrected chi connectivity index (χ0v) is 13.2. The molecular formula is C16H20N2O3S. The molecular weight excluding hydrogens is 300 g/mol. The predicted octanol–water partition coefficient (Wildman–Crippen LogP) is 1.50. The second-order valence-electron chi connectivity index (χ2n) is 5.89. The van der Waals surface area contributed by atoms with Crippen LogP contribution in [0, 0.1) is 5.92 Å². The third kappa shape index (κ3) is 2.80. The molecule has 0 radical (unpaired) electrons. The smallest absolute Gasteiger partial charge is 0.239 e. The zero-order valence-electron chi connectivity index (χ0n) is 12.4. The van der Waals surface area contributed by atoms with E-state index in [2.05, 4.69) is 0 Å². The number of piperidine rings is 1. The van der Waals surface area contributed by atoms with Crippen molar-refractivity contribution < 1.29 is 13.2 Å². The summed E-state index contributed by atoms with van der Waals surface area (Å²) in [6.07, 6.45) is 4.10. The number of primary amides is 1. The number of fused-ring (bicyclic) bond motifs is 1. The van der Waals surface area contributed by atoms with Gasteiger partial charge in [-0.15, -0.1) is 0 Å². The SMILES string of the molecule is NC(=O)C1CCN(S(=O)(=O)C2=Cc3ccccc3CC2)CC1. The molecule has 118 valence electrons. The maximum absolute atomic E-state index is 12.8. The molecule has 0 bridgehead atoms. The second kappa shape index (κ2) is 5.85. The summed E-state index contributed by atoms with van der Waals surface area (Å²) in [5.41, 5.74) is 7.47. The number of hydrogen-bond acceptors (Lipinski definition) is 3. The molecule has 1 aromatic rings. The first-order chi connectivity index (χ1) is 10.5. The van der Waals surface area contributed by atoms with Crippen LogP contribution in [0.5, 0.6) is 0 Å². The molecule has 0 saturated carbocycles. The molecule has 1 heterocycles. The number of carbonyl (C=O) groups is 1. The van der Waals surface area contributed by atoms with Gasteiger partial charge in [-0.3, -0.25) is 4.79 Å². The minimum absolute atomic E-state index is 0.201. The van der Waals surface area contributed by atoms with Crippen LogP contribution in [0.15, 0.2) is 29.2 Å². The highest BCUT2D eigenvalue weighted by Gasteiger charge is 2.33. The highest BCUT2D eigenvalue weighted by molar-refractivity contribution is 7.93. The Labute approximate surface area is 130 Å². The van der Waals surface area contributed by atoms with E-state index in [1.165, 1.54) is 9.87 Å². The van der Waals surface area contributed by atoms with E-state index in [0.717, 1.165) is 12.0 Å². The lowest BCUT2D eigenvalue weighted by Crippen LogP contribution is -2.42. The summed E-state index contributed by atoms with van der Waals surface area (Å²) in [5, 5.41) is 0. The second-order valence-corrected chi connectivity index (χ2v) is 7.88. The molecule has 5 nitrogen and oxygen atoms in total. The molecule has 1 aliphatic carbocycles. The summed E-state index contributed by atoms with van der Waals surface area (Å²) in [6.45, 7) is 0.740. The van der Waals surface area contributed by atoms with E-state index in [9.17, 15) is 13.2 Å². The van der Waals surface area contributed by atoms with Crippen molar-refractivity contribution in [2.24, 2.45) is 11.7 Å². The van der Waals surface area contributed by atoms with Crippen molar-refractivity contribution in [1.82, 2.24) is 4.31 Å². The summed E-state index contributed by atoms with van der Waals surface area (Å²) >= 11 is 0. The number of aryl methyl sites for hydroxylation is 1. The minimum atomic E-state index is -3.43. The normalized spacial score (nSPS) is 20.3. The van der Waals surface area contributed by atoms with Gasteiger partial charge in [0.15, 0.2) is 0 Å². The van der Waals surface area contributed by atoms with Crippen molar-refractivity contribution in [3.05, 3.63) is 40.3 Å². The zero-order chi connectivity index (χ0) is 15.7. The molecule has 22 heavy (non-hydrogen) atoms. The Morgan fingerprint density at radius 1 is 1.14 bits per heavy atom. The third-order valence-corrected chi connectivity index (χ3v) is 6.57. The number of sulfonamides is 1. The van der Waals surface area contributed by atoms with Crippen LogP contribution in [0.4, 0.5) is 0 Å². The molecule has 2 N–H and O–H groups in total. The van der Waals surface area contributed by atoms with E-state index in [1.807, 2.05) is 24.3 Å². The molecule has 6 heteroatoms. The highest BCUT2D eigenvalue weighted by Crippen LogP contribution is 2.30. The van der Waals surface area contributed by atoms with Crippen molar-refractivity contribution >= 4 is 22.0 Å². The van der Waals surface area contributed by atoms with Crippen LogP contribution < -0.4 is 5.73 Å². The fourth-order valence-electron chi connectivity index (χ4n) is 3.16. The Balaban J connectivity index is 1.80. The Kier molecular flexibility index (Phi) is 4.06. The van der Waals surface area contributed by atoms with Crippen molar-refractivity contribution in [3.63, 3.8) is 0 Å². The van der Waals surface area contributed by atoms with E-state index in [0.29, 0.717) is 37.3 Å². The molecule has 1 aromatic carbocycles. The van der Waals surface area contributed by atoms with E-state index < -0.39 is 10.0 Å². The highest BCUT2D eigenvalue weighted by atomic mass is 32.2. The Morgan fingerprint density at radius 2 is 1.82 bits per heavy atom. The monoisotopic (exact) mass is 320 g/mol. The molecule has 1 fully saturated rings. The van der Waals surface area contributed by atoms with Crippen LogP contribution in [0.2, 0.25) is 0 Å². The van der Waals surface area contributed by atoms with Gasteiger partial charge >= 0.3 is 0 Å². The maximum atomic E-state index is 12.8. The number of benzene rings is 1. The fourth-order valence-corrected chi connectivity index (χ4v) is 4.82. The Bertz CT molecular complexity index is 717. The molecule has 3 rings (SSSR count). The van der Waals surface area contributed by atoms with E-state index in [-0.39, 0.29) is 11.8 Å². The molecule has 0 unspecified atom stereocenters. The number of hydrogen-bond donors (Lipinski definition) is 1. The number of nitrogens with zero attached hydrogens (tertiary/aromatic N) is 1. The topological polar surface area (TPSA) is 80.5 Å². The standard InChI is InChI=1S/C16H20N2O3S/c17-16(19)13-7-9-18(10-8-13)22(20,21)15-6-5-12-3-1-2-4-14(12)11-15/h1-4,11,13H,5-10H2,(H2,17,19). The van der Waals surface area contributed by atoms with Gasteiger partial charge in [0.05, 0.1) is 4.91 Å². The van der Waals surface area contributed by atoms with E-state index >= 15 is 0 Å². The van der Waals surface area contributed by atoms with E-state index in [1.54, 1.807) is 6.08 Å². The number of rotatable bonds is 3. The minimum Gasteiger partial charge on any atom is -0.369 e. The van der Waals surface area contributed by atoms with Gasteiger partial charge in [0.2, 0.25) is 15.9 Å². The summed E-state index contributed by atoms with van der Waals surface area (Å²) < 4.78 is 27.0. The lowest BCUT2D eigenvalue weighted by atomic mass is 9.97. The van der Waals surface area contributed by atoms with Gasteiger partial charge in [0, 0.05) is 19.0 Å². The average Bonchev–Trinajstić information content (AvgIpc) is 2.54. The quantitative estimate of drug-likeness (QED) is 0.916. The van der Waals surface area contributed by atoms with Gasteiger partial charge in [0.25, 0.3) is 0 Å². The summed E-state index contributed by atoms with van der Waals surface area (Å²) in [6, 6.07) is 7.88. The summed E-state index contributed by atoms with van der Waals surface area (Å²) in [4.78, 5) is 11.7. The van der Waals surface area contributed by atoms with Crippen LogP contribution in [0.1, 0.15) is 30.4 Å². The maximum Gasteiger partial charge on any atom is 0.239 e. The molecule has 0 aromatic heterocycles. The van der Waals surface area contributed by atoms with Gasteiger partial charge in [-0.1, -0.05) is 24.3 Å². The van der Waals surface area contributed by atoms with Crippen LogP contribution in [0.25, 0.3) is 6.08 Å². The number of amides is 1. The molecule has 2 aliphatic rings. The van der Waals surface area contributed by atoms with Crippen LogP contribution in [-0.2, 0) is 21.2 Å². The largest absolute Gasteiger partial charge is 0.369 e. The van der Waals surface area contributed by atoms with Gasteiger partial charge in [-0.2, -0.15) is 4.31 Å². The number of nitrogens with two attached hydrogens (primary N) is 1. The lowest BCUT2D eigenvalue weighted by molar-refractivity contribution is -0.122. The van der Waals surface area contributed by atoms with Gasteiger partial charge in [-0.05, 0) is 42.9 Å². The fraction of sp³-hybridized carbons (Fsp3) is 0.438. The Morgan fingerprint density at radius 3 is 2.50 bits per heavy atom. The summed E-state index contributed by atoms with van der Waals surface area (Å²) in [7, 11) is -3.43. The number of carbonyl (C=O) groups excluding carboxylic acids is 1. The van der Waals surface area contributed by atoms with Crippen molar-refractivity contribution in [1.29, 1.82) is 0 Å². The van der Waals surface area contributed by atoms with Crippen molar-refractivity contribution in [3.8, 4) is 0 Å². The molecule has 0 spiro atoms. The molecule has 1 saturated heterocycles. The van der Waals surface area contributed by atoms with Gasteiger partial charge in [-0.25, -0.2) is 8.42 Å².